The van der Waals surface area contributed by atoms with Crippen molar-refractivity contribution < 1.29 is 37.9 Å². The van der Waals surface area contributed by atoms with Gasteiger partial charge in [0.05, 0.1) is 13.2 Å². The molecule has 9 nitrogen and oxygen atoms in total. The number of hydrogen-bond donors (Lipinski definition) is 3. The van der Waals surface area contributed by atoms with Gasteiger partial charge in [-0.1, -0.05) is 177 Å². The lowest BCUT2D eigenvalue weighted by Gasteiger charge is -2.15. The first kappa shape index (κ1) is 56.7. The van der Waals surface area contributed by atoms with Crippen molar-refractivity contribution in [2.75, 3.05) is 26.4 Å². The number of ether oxygens (including phenoxy) is 1. The van der Waals surface area contributed by atoms with Gasteiger partial charge in [0, 0.05) is 19.4 Å². The summed E-state index contributed by atoms with van der Waals surface area (Å²) in [5.74, 6) is -0.528. The predicted molar refractivity (Wildman–Crippen MR) is 247 cm³/mol. The highest BCUT2D eigenvalue weighted by Gasteiger charge is 2.23. The Bertz CT molecular complexity index is 1150. The standard InChI is InChI=1S/C49H88NO8P/c1-3-5-7-9-11-13-15-17-19-21-22-23-24-26-27-29-31-33-35-37-39-41-48(52)50-43-44-57-59(54,55)58-46-47(51)45-56-49(53)42-40-38-36-34-32-30-28-25-20-18-16-14-12-10-8-6-4-2/h6,8,11-14,17-20,47,51H,3-5,7,9-10,15-16,21-46H2,1-2H3,(H,50,52)(H,54,55)/b8-6-,13-11-,14-12-,19-17-,20-18-. The van der Waals surface area contributed by atoms with Crippen LogP contribution in [0.4, 0.5) is 0 Å². The van der Waals surface area contributed by atoms with Gasteiger partial charge in [0.1, 0.15) is 12.7 Å². The summed E-state index contributed by atoms with van der Waals surface area (Å²) < 4.78 is 26.9. The maximum absolute atomic E-state index is 12.1. The third-order valence-electron chi connectivity index (χ3n) is 9.93. The van der Waals surface area contributed by atoms with Gasteiger partial charge in [-0.05, 0) is 77.0 Å². The molecule has 0 aromatic heterocycles. The average Bonchev–Trinajstić information content (AvgIpc) is 3.22. The van der Waals surface area contributed by atoms with Crippen LogP contribution in [-0.4, -0.2) is 54.3 Å². The van der Waals surface area contributed by atoms with E-state index < -0.39 is 26.5 Å². The Morgan fingerprint density at radius 1 is 0.542 bits per heavy atom. The molecular formula is C49H88NO8P. The third-order valence-corrected chi connectivity index (χ3v) is 10.9. The smallest absolute Gasteiger partial charge is 0.463 e. The van der Waals surface area contributed by atoms with Gasteiger partial charge in [-0.15, -0.1) is 0 Å². The number of phosphoric ester groups is 1. The zero-order valence-electron chi connectivity index (χ0n) is 37.7. The third kappa shape index (κ3) is 46.6. The van der Waals surface area contributed by atoms with Crippen LogP contribution in [-0.2, 0) is 27.9 Å². The highest BCUT2D eigenvalue weighted by atomic mass is 31.2. The van der Waals surface area contributed by atoms with Gasteiger partial charge in [-0.3, -0.25) is 18.6 Å². The molecule has 0 spiro atoms. The maximum Gasteiger partial charge on any atom is 0.472 e. The number of rotatable bonds is 44. The summed E-state index contributed by atoms with van der Waals surface area (Å²) in [5, 5.41) is 12.7. The van der Waals surface area contributed by atoms with E-state index >= 15 is 0 Å². The highest BCUT2D eigenvalue weighted by Crippen LogP contribution is 2.42. The molecule has 10 heteroatoms. The zero-order valence-corrected chi connectivity index (χ0v) is 38.6. The Morgan fingerprint density at radius 2 is 0.966 bits per heavy atom. The van der Waals surface area contributed by atoms with E-state index in [0.717, 1.165) is 77.0 Å². The summed E-state index contributed by atoms with van der Waals surface area (Å²) in [6, 6.07) is 0. The SMILES string of the molecule is CC/C=C\C/C=C\C/C=C\CCCCCCCCCC(=O)OCC(O)COP(=O)(O)OCCNC(=O)CCCCCCCCCCCCC/C=C\C/C=C\CCCCC. The van der Waals surface area contributed by atoms with Crippen LogP contribution in [0.2, 0.25) is 0 Å². The first-order valence-corrected chi connectivity index (χ1v) is 25.3. The predicted octanol–water partition coefficient (Wildman–Crippen LogP) is 13.7. The molecule has 1 amide bonds. The van der Waals surface area contributed by atoms with E-state index in [-0.39, 0.29) is 32.1 Å². The number of amides is 1. The number of phosphoric acid groups is 1. The van der Waals surface area contributed by atoms with Crippen LogP contribution in [0.1, 0.15) is 206 Å². The van der Waals surface area contributed by atoms with Crippen LogP contribution < -0.4 is 5.32 Å². The van der Waals surface area contributed by atoms with E-state index in [0.29, 0.717) is 6.42 Å². The normalized spacial score (nSPS) is 13.8. The highest BCUT2D eigenvalue weighted by molar-refractivity contribution is 7.47. The second-order valence-electron chi connectivity index (χ2n) is 15.7. The number of aliphatic hydroxyl groups excluding tert-OH is 1. The minimum absolute atomic E-state index is 0.0776. The summed E-state index contributed by atoms with van der Waals surface area (Å²) in [6.07, 6.45) is 54.4. The lowest BCUT2D eigenvalue weighted by molar-refractivity contribution is -0.147. The number of aliphatic hydroxyl groups is 1. The lowest BCUT2D eigenvalue weighted by Crippen LogP contribution is -2.27. The van der Waals surface area contributed by atoms with Gasteiger partial charge >= 0.3 is 13.8 Å². The molecule has 342 valence electrons. The topological polar surface area (TPSA) is 131 Å². The Balaban J connectivity index is 3.58. The summed E-state index contributed by atoms with van der Waals surface area (Å²) in [4.78, 5) is 34.0. The molecule has 0 aromatic carbocycles. The quantitative estimate of drug-likeness (QED) is 0.0239. The van der Waals surface area contributed by atoms with Crippen molar-refractivity contribution in [1.82, 2.24) is 5.32 Å². The fraction of sp³-hybridized carbons (Fsp3) is 0.755. The largest absolute Gasteiger partial charge is 0.472 e. The summed E-state index contributed by atoms with van der Waals surface area (Å²) >= 11 is 0. The second-order valence-corrected chi connectivity index (χ2v) is 17.1. The Hall–Kier alpha value is -2.29. The summed E-state index contributed by atoms with van der Waals surface area (Å²) in [5.41, 5.74) is 0. The van der Waals surface area contributed by atoms with Crippen LogP contribution in [0.25, 0.3) is 0 Å². The van der Waals surface area contributed by atoms with Crippen molar-refractivity contribution >= 4 is 19.7 Å². The fourth-order valence-corrected chi connectivity index (χ4v) is 7.12. The molecule has 0 bridgehead atoms. The van der Waals surface area contributed by atoms with Crippen LogP contribution in [0, 0.1) is 0 Å². The number of carbonyl (C=O) groups is 2. The molecule has 0 aliphatic carbocycles. The minimum atomic E-state index is -4.42. The Kier molecular flexibility index (Phi) is 43.5. The molecule has 2 unspecified atom stereocenters. The van der Waals surface area contributed by atoms with E-state index in [4.69, 9.17) is 13.8 Å². The first-order valence-electron chi connectivity index (χ1n) is 23.8. The molecule has 0 aliphatic rings. The molecule has 3 N–H and O–H groups in total. The molecule has 0 aliphatic heterocycles. The van der Waals surface area contributed by atoms with Gasteiger partial charge in [-0.25, -0.2) is 4.57 Å². The number of unbranched alkanes of at least 4 members (excludes halogenated alkanes) is 21. The number of allylic oxidation sites excluding steroid dienone is 10. The van der Waals surface area contributed by atoms with E-state index in [9.17, 15) is 24.2 Å². The van der Waals surface area contributed by atoms with E-state index in [1.165, 1.54) is 103 Å². The number of carbonyl (C=O) groups excluding carboxylic acids is 2. The van der Waals surface area contributed by atoms with Gasteiger partial charge in [0.25, 0.3) is 0 Å². The van der Waals surface area contributed by atoms with Crippen molar-refractivity contribution in [3.8, 4) is 0 Å². The van der Waals surface area contributed by atoms with Crippen molar-refractivity contribution in [1.29, 1.82) is 0 Å². The summed E-state index contributed by atoms with van der Waals surface area (Å²) in [6.45, 7) is 3.41. The summed E-state index contributed by atoms with van der Waals surface area (Å²) in [7, 11) is -4.42. The molecule has 0 saturated carbocycles. The van der Waals surface area contributed by atoms with Crippen molar-refractivity contribution in [2.24, 2.45) is 0 Å². The van der Waals surface area contributed by atoms with Crippen molar-refractivity contribution in [3.05, 3.63) is 60.8 Å². The molecule has 0 aromatic rings. The maximum atomic E-state index is 12.1. The molecule has 0 saturated heterocycles. The van der Waals surface area contributed by atoms with Gasteiger partial charge in [0.2, 0.25) is 5.91 Å². The number of hydrogen-bond acceptors (Lipinski definition) is 7. The molecule has 0 rings (SSSR count). The van der Waals surface area contributed by atoms with Crippen LogP contribution in [0.5, 0.6) is 0 Å². The Labute approximate surface area is 361 Å². The van der Waals surface area contributed by atoms with E-state index in [1.54, 1.807) is 0 Å². The minimum Gasteiger partial charge on any atom is -0.463 e. The van der Waals surface area contributed by atoms with E-state index in [1.807, 2.05) is 0 Å². The molecular weight excluding hydrogens is 762 g/mol. The van der Waals surface area contributed by atoms with E-state index in [2.05, 4.69) is 79.9 Å². The molecule has 59 heavy (non-hydrogen) atoms. The van der Waals surface area contributed by atoms with Crippen molar-refractivity contribution in [3.63, 3.8) is 0 Å². The molecule has 2 atom stereocenters. The van der Waals surface area contributed by atoms with Gasteiger partial charge in [-0.2, -0.15) is 0 Å². The van der Waals surface area contributed by atoms with Crippen LogP contribution in [0.3, 0.4) is 0 Å². The van der Waals surface area contributed by atoms with Crippen LogP contribution in [0.15, 0.2) is 60.8 Å². The number of nitrogens with one attached hydrogen (secondary N) is 1. The molecule has 0 heterocycles. The average molecular weight is 850 g/mol. The Morgan fingerprint density at radius 3 is 1.46 bits per heavy atom. The molecule has 0 radical (unpaired) electrons. The molecule has 0 fully saturated rings. The van der Waals surface area contributed by atoms with Crippen molar-refractivity contribution in [2.45, 2.75) is 213 Å². The first-order chi connectivity index (χ1) is 28.8. The fourth-order valence-electron chi connectivity index (χ4n) is 6.37. The van der Waals surface area contributed by atoms with Gasteiger partial charge < -0.3 is 20.1 Å². The number of esters is 1. The van der Waals surface area contributed by atoms with Gasteiger partial charge in [0.15, 0.2) is 0 Å². The monoisotopic (exact) mass is 850 g/mol. The lowest BCUT2D eigenvalue weighted by atomic mass is 10.0. The van der Waals surface area contributed by atoms with Crippen LogP contribution >= 0.6 is 7.82 Å². The second kappa shape index (κ2) is 45.2. The zero-order chi connectivity index (χ0) is 43.2.